The molecule has 5 nitrogen and oxygen atoms in total. The Hall–Kier alpha value is -1.69. The number of benzene rings is 1. The predicted octanol–water partition coefficient (Wildman–Crippen LogP) is 1.42. The molecule has 1 fully saturated rings. The van der Waals surface area contributed by atoms with Crippen molar-refractivity contribution < 1.29 is 4.42 Å². The third kappa shape index (κ3) is 3.32. The second-order valence-electron chi connectivity index (χ2n) is 5.63. The molecule has 0 aliphatic carbocycles. The average Bonchev–Trinajstić information content (AvgIpc) is 2.98. The van der Waals surface area contributed by atoms with Crippen LogP contribution in [0.3, 0.4) is 0 Å². The number of nitrogens with two attached hydrogens (primary N) is 1. The van der Waals surface area contributed by atoms with E-state index in [4.69, 9.17) is 10.2 Å². The Bertz CT molecular complexity index is 569. The van der Waals surface area contributed by atoms with Gasteiger partial charge in [-0.25, -0.2) is 4.98 Å². The minimum Gasteiger partial charge on any atom is -0.444 e. The fraction of sp³-hybridized carbons (Fsp3) is 0.438. The van der Waals surface area contributed by atoms with Gasteiger partial charge in [0.1, 0.15) is 6.26 Å². The van der Waals surface area contributed by atoms with Crippen LogP contribution >= 0.6 is 0 Å². The lowest BCUT2D eigenvalue weighted by atomic mass is 10.1. The van der Waals surface area contributed by atoms with E-state index in [-0.39, 0.29) is 0 Å². The molecule has 0 spiro atoms. The van der Waals surface area contributed by atoms with Gasteiger partial charge < -0.3 is 15.1 Å². The Morgan fingerprint density at radius 3 is 2.86 bits per heavy atom. The number of likely N-dealkylation sites (N-methyl/N-ethyl adjacent to an activating group) is 1. The highest BCUT2D eigenvalue weighted by Gasteiger charge is 2.24. The molecule has 2 aromatic rings. The van der Waals surface area contributed by atoms with Crippen LogP contribution in [0.4, 0.5) is 0 Å². The standard InChI is InChI=1S/C16H22N4O/c1-19-7-8-20(15(9-17)11-19)10-14-12-21-16(18-14)13-5-3-2-4-6-13/h2-6,12,15H,7-11,17H2,1H3. The van der Waals surface area contributed by atoms with Crippen molar-refractivity contribution in [3.8, 4) is 11.5 Å². The van der Waals surface area contributed by atoms with Crippen molar-refractivity contribution in [1.29, 1.82) is 0 Å². The Morgan fingerprint density at radius 1 is 1.29 bits per heavy atom. The summed E-state index contributed by atoms with van der Waals surface area (Å²) in [5, 5.41) is 0. The van der Waals surface area contributed by atoms with Crippen LogP contribution in [0, 0.1) is 0 Å². The summed E-state index contributed by atoms with van der Waals surface area (Å²) in [6, 6.07) is 10.4. The van der Waals surface area contributed by atoms with E-state index < -0.39 is 0 Å². The highest BCUT2D eigenvalue weighted by molar-refractivity contribution is 5.52. The molecule has 1 saturated heterocycles. The molecule has 5 heteroatoms. The van der Waals surface area contributed by atoms with Crippen LogP contribution in [-0.2, 0) is 6.54 Å². The number of hydrogen-bond acceptors (Lipinski definition) is 5. The number of piperazine rings is 1. The monoisotopic (exact) mass is 286 g/mol. The van der Waals surface area contributed by atoms with Gasteiger partial charge in [0, 0.05) is 44.3 Å². The zero-order valence-corrected chi connectivity index (χ0v) is 12.4. The maximum atomic E-state index is 5.89. The molecule has 0 bridgehead atoms. The zero-order valence-electron chi connectivity index (χ0n) is 12.4. The van der Waals surface area contributed by atoms with E-state index in [1.165, 1.54) is 0 Å². The van der Waals surface area contributed by atoms with Crippen LogP contribution < -0.4 is 5.73 Å². The molecule has 3 rings (SSSR count). The molecule has 1 unspecified atom stereocenters. The summed E-state index contributed by atoms with van der Waals surface area (Å²) in [4.78, 5) is 9.32. The van der Waals surface area contributed by atoms with Gasteiger partial charge in [0.15, 0.2) is 0 Å². The van der Waals surface area contributed by atoms with Crippen LogP contribution in [0.5, 0.6) is 0 Å². The number of aromatic nitrogens is 1. The Kier molecular flexibility index (Phi) is 4.34. The highest BCUT2D eigenvalue weighted by Crippen LogP contribution is 2.19. The molecule has 1 aliphatic heterocycles. The molecule has 1 atom stereocenters. The van der Waals surface area contributed by atoms with E-state index in [2.05, 4.69) is 21.8 Å². The molecule has 2 heterocycles. The third-order valence-electron chi connectivity index (χ3n) is 4.02. The predicted molar refractivity (Wildman–Crippen MR) is 82.7 cm³/mol. The van der Waals surface area contributed by atoms with Crippen LogP contribution in [0.15, 0.2) is 41.0 Å². The molecule has 21 heavy (non-hydrogen) atoms. The van der Waals surface area contributed by atoms with E-state index in [9.17, 15) is 0 Å². The molecule has 0 radical (unpaired) electrons. The lowest BCUT2D eigenvalue weighted by molar-refractivity contribution is 0.0870. The van der Waals surface area contributed by atoms with Crippen LogP contribution in [0.2, 0.25) is 0 Å². The lowest BCUT2D eigenvalue weighted by Crippen LogP contribution is -2.54. The van der Waals surface area contributed by atoms with E-state index in [1.807, 2.05) is 30.3 Å². The minimum atomic E-state index is 0.389. The number of oxazole rings is 1. The Balaban J connectivity index is 1.69. The fourth-order valence-corrected chi connectivity index (χ4v) is 2.78. The average molecular weight is 286 g/mol. The molecule has 2 N–H and O–H groups in total. The summed E-state index contributed by atoms with van der Waals surface area (Å²) in [5.41, 5.74) is 7.87. The first kappa shape index (κ1) is 14.3. The van der Waals surface area contributed by atoms with Crippen molar-refractivity contribution in [2.24, 2.45) is 5.73 Å². The summed E-state index contributed by atoms with van der Waals surface area (Å²) in [7, 11) is 2.14. The molecule has 1 aromatic heterocycles. The fourth-order valence-electron chi connectivity index (χ4n) is 2.78. The maximum Gasteiger partial charge on any atom is 0.226 e. The lowest BCUT2D eigenvalue weighted by Gasteiger charge is -2.39. The van der Waals surface area contributed by atoms with E-state index in [0.29, 0.717) is 18.5 Å². The summed E-state index contributed by atoms with van der Waals surface area (Å²) >= 11 is 0. The van der Waals surface area contributed by atoms with Crippen molar-refractivity contribution in [3.63, 3.8) is 0 Å². The van der Waals surface area contributed by atoms with E-state index in [0.717, 1.165) is 37.4 Å². The normalized spacial score (nSPS) is 20.8. The van der Waals surface area contributed by atoms with E-state index in [1.54, 1.807) is 6.26 Å². The van der Waals surface area contributed by atoms with Crippen LogP contribution in [-0.4, -0.2) is 54.1 Å². The summed E-state index contributed by atoms with van der Waals surface area (Å²) < 4.78 is 5.60. The van der Waals surface area contributed by atoms with Crippen LogP contribution in [0.1, 0.15) is 5.69 Å². The summed E-state index contributed by atoms with van der Waals surface area (Å²) in [6.45, 7) is 4.57. The number of nitrogens with zero attached hydrogens (tertiary/aromatic N) is 3. The molecular weight excluding hydrogens is 264 g/mol. The first-order valence-corrected chi connectivity index (χ1v) is 7.39. The van der Waals surface area contributed by atoms with E-state index >= 15 is 0 Å². The molecule has 112 valence electrons. The van der Waals surface area contributed by atoms with Gasteiger partial charge in [-0.05, 0) is 19.2 Å². The maximum absolute atomic E-state index is 5.89. The second kappa shape index (κ2) is 6.39. The molecule has 1 aromatic carbocycles. The van der Waals surface area contributed by atoms with Gasteiger partial charge in [0.2, 0.25) is 5.89 Å². The SMILES string of the molecule is CN1CCN(Cc2coc(-c3ccccc3)n2)C(CN)C1. The minimum absolute atomic E-state index is 0.389. The Labute approximate surface area is 125 Å². The second-order valence-corrected chi connectivity index (χ2v) is 5.63. The van der Waals surface area contributed by atoms with Gasteiger partial charge in [-0.2, -0.15) is 0 Å². The van der Waals surface area contributed by atoms with Gasteiger partial charge in [-0.3, -0.25) is 4.90 Å². The first-order valence-electron chi connectivity index (χ1n) is 7.39. The van der Waals surface area contributed by atoms with Gasteiger partial charge in [0.05, 0.1) is 5.69 Å². The van der Waals surface area contributed by atoms with Gasteiger partial charge in [0.25, 0.3) is 0 Å². The van der Waals surface area contributed by atoms with Gasteiger partial charge in [-0.15, -0.1) is 0 Å². The smallest absolute Gasteiger partial charge is 0.226 e. The van der Waals surface area contributed by atoms with Gasteiger partial charge >= 0.3 is 0 Å². The largest absolute Gasteiger partial charge is 0.444 e. The summed E-state index contributed by atoms with van der Waals surface area (Å²) in [6.07, 6.45) is 1.76. The molecule has 0 amide bonds. The van der Waals surface area contributed by atoms with Crippen molar-refractivity contribution in [1.82, 2.24) is 14.8 Å². The zero-order chi connectivity index (χ0) is 14.7. The highest BCUT2D eigenvalue weighted by atomic mass is 16.3. The number of hydrogen-bond donors (Lipinski definition) is 1. The Morgan fingerprint density at radius 2 is 2.10 bits per heavy atom. The summed E-state index contributed by atoms with van der Waals surface area (Å²) in [5.74, 6) is 0.684. The van der Waals surface area contributed by atoms with Crippen LogP contribution in [0.25, 0.3) is 11.5 Å². The third-order valence-corrected chi connectivity index (χ3v) is 4.02. The molecule has 0 saturated carbocycles. The van der Waals surface area contributed by atoms with Crippen molar-refractivity contribution in [2.45, 2.75) is 12.6 Å². The topological polar surface area (TPSA) is 58.5 Å². The molecule has 1 aliphatic rings. The van der Waals surface area contributed by atoms with Gasteiger partial charge in [-0.1, -0.05) is 18.2 Å². The van der Waals surface area contributed by atoms with Crippen molar-refractivity contribution in [3.05, 3.63) is 42.3 Å². The quantitative estimate of drug-likeness (QED) is 0.921. The van der Waals surface area contributed by atoms with Crippen molar-refractivity contribution in [2.75, 3.05) is 33.2 Å². The number of rotatable bonds is 4. The van der Waals surface area contributed by atoms with Crippen molar-refractivity contribution >= 4 is 0 Å². The molecular formula is C16H22N4O. The first-order chi connectivity index (χ1) is 10.3.